The standard InChI is InChI=1S/C22H24N4O5/c1-6-10-25-20-18(21(27)26(11-7-2)22(25)28)23-17(24-20)9-8-14-12-15(29-3)19(31-5)16(13-14)30-4/h6-9,12-13H,1-2,10-11H2,3-5H3,(H,23,24)/b9-8+. The number of aromatic amines is 1. The van der Waals surface area contributed by atoms with Gasteiger partial charge in [0.2, 0.25) is 5.75 Å². The Bertz CT molecular complexity index is 1250. The summed E-state index contributed by atoms with van der Waals surface area (Å²) in [6, 6.07) is 3.57. The molecule has 1 N–H and O–H groups in total. The molecule has 0 amide bonds. The van der Waals surface area contributed by atoms with Crippen LogP contribution in [0.4, 0.5) is 0 Å². The molecule has 9 nitrogen and oxygen atoms in total. The summed E-state index contributed by atoms with van der Waals surface area (Å²) in [6.07, 6.45) is 6.54. The molecule has 2 aromatic heterocycles. The van der Waals surface area contributed by atoms with Crippen molar-refractivity contribution in [1.29, 1.82) is 0 Å². The van der Waals surface area contributed by atoms with Gasteiger partial charge in [0.05, 0.1) is 21.3 Å². The van der Waals surface area contributed by atoms with Crippen LogP contribution in [-0.4, -0.2) is 40.4 Å². The number of aromatic nitrogens is 4. The second kappa shape index (κ2) is 9.21. The molecule has 3 aromatic rings. The van der Waals surface area contributed by atoms with Gasteiger partial charge in [-0.15, -0.1) is 13.2 Å². The van der Waals surface area contributed by atoms with Crippen molar-refractivity contribution >= 4 is 23.3 Å². The van der Waals surface area contributed by atoms with E-state index in [2.05, 4.69) is 23.1 Å². The van der Waals surface area contributed by atoms with Gasteiger partial charge in [-0.1, -0.05) is 18.2 Å². The van der Waals surface area contributed by atoms with Gasteiger partial charge in [-0.05, 0) is 23.8 Å². The highest BCUT2D eigenvalue weighted by Crippen LogP contribution is 2.38. The second-order valence-corrected chi connectivity index (χ2v) is 6.50. The Morgan fingerprint density at radius 1 is 0.968 bits per heavy atom. The van der Waals surface area contributed by atoms with Gasteiger partial charge in [0.1, 0.15) is 11.3 Å². The summed E-state index contributed by atoms with van der Waals surface area (Å²) in [4.78, 5) is 32.9. The number of rotatable bonds is 9. The van der Waals surface area contributed by atoms with E-state index in [1.54, 1.807) is 30.4 Å². The monoisotopic (exact) mass is 424 g/mol. The van der Waals surface area contributed by atoms with Crippen LogP contribution in [0.2, 0.25) is 0 Å². The molecule has 0 aliphatic carbocycles. The molecule has 9 heteroatoms. The molecule has 0 saturated carbocycles. The summed E-state index contributed by atoms with van der Waals surface area (Å²) >= 11 is 0. The first-order chi connectivity index (χ1) is 15.0. The van der Waals surface area contributed by atoms with Crippen molar-refractivity contribution in [2.24, 2.45) is 0 Å². The number of hydrogen-bond acceptors (Lipinski definition) is 6. The zero-order valence-corrected chi connectivity index (χ0v) is 17.7. The Morgan fingerprint density at radius 3 is 2.13 bits per heavy atom. The van der Waals surface area contributed by atoms with Crippen LogP contribution < -0.4 is 25.5 Å². The van der Waals surface area contributed by atoms with Crippen LogP contribution in [0.1, 0.15) is 11.4 Å². The lowest BCUT2D eigenvalue weighted by atomic mass is 10.1. The zero-order chi connectivity index (χ0) is 22.5. The second-order valence-electron chi connectivity index (χ2n) is 6.50. The van der Waals surface area contributed by atoms with E-state index in [-0.39, 0.29) is 24.3 Å². The quantitative estimate of drug-likeness (QED) is 0.530. The van der Waals surface area contributed by atoms with Gasteiger partial charge in [0, 0.05) is 13.1 Å². The summed E-state index contributed by atoms with van der Waals surface area (Å²) in [5, 5.41) is 0. The van der Waals surface area contributed by atoms with E-state index < -0.39 is 11.2 Å². The molecule has 162 valence electrons. The molecule has 0 unspecified atom stereocenters. The van der Waals surface area contributed by atoms with E-state index in [1.807, 2.05) is 0 Å². The first-order valence-corrected chi connectivity index (χ1v) is 9.42. The molecule has 0 atom stereocenters. The zero-order valence-electron chi connectivity index (χ0n) is 17.7. The van der Waals surface area contributed by atoms with Crippen molar-refractivity contribution in [3.8, 4) is 17.2 Å². The van der Waals surface area contributed by atoms with Gasteiger partial charge < -0.3 is 19.2 Å². The molecule has 0 aliphatic rings. The first kappa shape index (κ1) is 21.7. The number of methoxy groups -OCH3 is 3. The molecule has 2 heterocycles. The van der Waals surface area contributed by atoms with E-state index in [1.165, 1.54) is 32.0 Å². The van der Waals surface area contributed by atoms with Crippen LogP contribution in [0.3, 0.4) is 0 Å². The number of fused-ring (bicyclic) bond motifs is 1. The SMILES string of the molecule is C=CCn1c(=O)c2[nH]c(/C=C/c3cc(OC)c(OC)c(OC)c3)nc2n(CC=C)c1=O. The maximum Gasteiger partial charge on any atom is 0.333 e. The number of hydrogen-bond donors (Lipinski definition) is 1. The maximum atomic E-state index is 12.8. The predicted molar refractivity (Wildman–Crippen MR) is 120 cm³/mol. The molecule has 31 heavy (non-hydrogen) atoms. The van der Waals surface area contributed by atoms with Crippen molar-refractivity contribution in [2.45, 2.75) is 13.1 Å². The third-order valence-electron chi connectivity index (χ3n) is 4.62. The minimum absolute atomic E-state index is 0.0976. The fourth-order valence-corrected chi connectivity index (χ4v) is 3.22. The average molecular weight is 424 g/mol. The van der Waals surface area contributed by atoms with Crippen LogP contribution in [0.5, 0.6) is 17.2 Å². The third-order valence-corrected chi connectivity index (χ3v) is 4.62. The lowest BCUT2D eigenvalue weighted by Crippen LogP contribution is -2.39. The Labute approximate surface area is 178 Å². The van der Waals surface area contributed by atoms with Crippen LogP contribution >= 0.6 is 0 Å². The topological polar surface area (TPSA) is 100 Å². The van der Waals surface area contributed by atoms with E-state index in [0.717, 1.165) is 10.1 Å². The normalized spacial score (nSPS) is 11.1. The Morgan fingerprint density at radius 2 is 1.58 bits per heavy atom. The molecule has 0 radical (unpaired) electrons. The number of imidazole rings is 1. The molecule has 3 rings (SSSR count). The van der Waals surface area contributed by atoms with E-state index in [0.29, 0.717) is 23.1 Å². The Balaban J connectivity index is 2.12. The molecule has 0 spiro atoms. The molecule has 0 aliphatic heterocycles. The number of benzene rings is 1. The lowest BCUT2D eigenvalue weighted by molar-refractivity contribution is 0.324. The van der Waals surface area contributed by atoms with Gasteiger partial charge >= 0.3 is 5.69 Å². The van der Waals surface area contributed by atoms with Gasteiger partial charge in [-0.25, -0.2) is 9.78 Å². The first-order valence-electron chi connectivity index (χ1n) is 9.42. The maximum absolute atomic E-state index is 12.8. The minimum atomic E-state index is -0.469. The van der Waals surface area contributed by atoms with Crippen LogP contribution in [-0.2, 0) is 13.1 Å². The van der Waals surface area contributed by atoms with E-state index >= 15 is 0 Å². The van der Waals surface area contributed by atoms with Crippen LogP contribution in [0.25, 0.3) is 23.3 Å². The van der Waals surface area contributed by atoms with Crippen molar-refractivity contribution in [1.82, 2.24) is 19.1 Å². The number of nitrogens with one attached hydrogen (secondary N) is 1. The predicted octanol–water partition coefficient (Wildman–Crippen LogP) is 2.45. The van der Waals surface area contributed by atoms with Crippen LogP contribution in [0, 0.1) is 0 Å². The molecular weight excluding hydrogens is 400 g/mol. The summed E-state index contributed by atoms with van der Waals surface area (Å²) < 4.78 is 18.6. The highest BCUT2D eigenvalue weighted by atomic mass is 16.5. The molecule has 0 fully saturated rings. The minimum Gasteiger partial charge on any atom is -0.493 e. The van der Waals surface area contributed by atoms with Gasteiger partial charge in [0.25, 0.3) is 5.56 Å². The van der Waals surface area contributed by atoms with E-state index in [4.69, 9.17) is 14.2 Å². The highest BCUT2D eigenvalue weighted by Gasteiger charge is 2.16. The Kier molecular flexibility index (Phi) is 6.44. The summed E-state index contributed by atoms with van der Waals surface area (Å²) in [7, 11) is 4.61. The van der Waals surface area contributed by atoms with Crippen molar-refractivity contribution in [2.75, 3.05) is 21.3 Å². The van der Waals surface area contributed by atoms with Gasteiger partial charge in [-0.2, -0.15) is 0 Å². The summed E-state index contributed by atoms with van der Waals surface area (Å²) in [5.74, 6) is 1.92. The summed E-state index contributed by atoms with van der Waals surface area (Å²) in [6.45, 7) is 7.60. The molecule has 0 bridgehead atoms. The Hall–Kier alpha value is -4.01. The fourth-order valence-electron chi connectivity index (χ4n) is 3.22. The van der Waals surface area contributed by atoms with E-state index in [9.17, 15) is 9.59 Å². The average Bonchev–Trinajstić information content (AvgIpc) is 3.21. The third kappa shape index (κ3) is 4.02. The molecular formula is C22H24N4O5. The number of ether oxygens (including phenoxy) is 3. The highest BCUT2D eigenvalue weighted by molar-refractivity contribution is 5.76. The number of allylic oxidation sites excluding steroid dienone is 2. The largest absolute Gasteiger partial charge is 0.493 e. The summed E-state index contributed by atoms with van der Waals surface area (Å²) in [5.41, 5.74) is 0.333. The molecule has 1 aromatic carbocycles. The molecule has 0 saturated heterocycles. The van der Waals surface area contributed by atoms with Crippen molar-refractivity contribution in [3.05, 3.63) is 69.7 Å². The van der Waals surface area contributed by atoms with Crippen molar-refractivity contribution in [3.63, 3.8) is 0 Å². The van der Waals surface area contributed by atoms with Crippen LogP contribution in [0.15, 0.2) is 47.0 Å². The number of H-pyrrole nitrogens is 1. The smallest absolute Gasteiger partial charge is 0.333 e. The van der Waals surface area contributed by atoms with Gasteiger partial charge in [-0.3, -0.25) is 13.9 Å². The fraction of sp³-hybridized carbons (Fsp3) is 0.227. The number of nitrogens with zero attached hydrogens (tertiary/aromatic N) is 3. The lowest BCUT2D eigenvalue weighted by Gasteiger charge is -2.12. The van der Waals surface area contributed by atoms with Crippen molar-refractivity contribution < 1.29 is 14.2 Å². The van der Waals surface area contributed by atoms with Gasteiger partial charge in [0.15, 0.2) is 17.1 Å².